The highest BCUT2D eigenvalue weighted by molar-refractivity contribution is 5.94. The van der Waals surface area contributed by atoms with E-state index in [0.29, 0.717) is 6.61 Å². The lowest BCUT2D eigenvalue weighted by atomic mass is 9.69. The number of ether oxygens (including phenoxy) is 1. The normalized spacial score (nSPS) is 13.5. The van der Waals surface area contributed by atoms with Crippen molar-refractivity contribution in [2.24, 2.45) is 4.99 Å². The number of hydrogen-bond donors (Lipinski definition) is 0. The average molecular weight is 316 g/mol. The maximum absolute atomic E-state index is 5.28. The van der Waals surface area contributed by atoms with Gasteiger partial charge in [0, 0.05) is 18.2 Å². The summed E-state index contributed by atoms with van der Waals surface area (Å²) in [5.74, 6) is 0. The summed E-state index contributed by atoms with van der Waals surface area (Å²) in [6, 6.07) is 8.78. The highest BCUT2D eigenvalue weighted by atomic mass is 16.5. The molecule has 0 amide bonds. The van der Waals surface area contributed by atoms with Crippen molar-refractivity contribution in [1.82, 2.24) is 0 Å². The van der Waals surface area contributed by atoms with Crippen molar-refractivity contribution in [2.45, 2.75) is 65.7 Å². The summed E-state index contributed by atoms with van der Waals surface area (Å²) in [7, 11) is 1.72. The van der Waals surface area contributed by atoms with Gasteiger partial charge in [-0.1, -0.05) is 57.0 Å². The first kappa shape index (κ1) is 19.6. The number of hydrogen-bond acceptors (Lipinski definition) is 2. The summed E-state index contributed by atoms with van der Waals surface area (Å²) in [5, 5.41) is 0. The molecule has 0 aliphatic rings. The summed E-state index contributed by atoms with van der Waals surface area (Å²) in [6.07, 6.45) is 6.61. The van der Waals surface area contributed by atoms with Crippen LogP contribution in [0.1, 0.15) is 64.5 Å². The lowest BCUT2D eigenvalue weighted by Gasteiger charge is -2.36. The van der Waals surface area contributed by atoms with E-state index in [-0.39, 0.29) is 5.41 Å². The van der Waals surface area contributed by atoms with Gasteiger partial charge in [-0.15, -0.1) is 0 Å². The second-order valence-electron chi connectivity index (χ2n) is 6.31. The van der Waals surface area contributed by atoms with Gasteiger partial charge in [0.1, 0.15) is 0 Å². The second kappa shape index (κ2) is 9.67. The van der Waals surface area contributed by atoms with E-state index in [2.05, 4.69) is 52.0 Å². The summed E-state index contributed by atoms with van der Waals surface area (Å²) in [4.78, 5) is 4.96. The Bertz CT molecular complexity index is 537. The molecule has 23 heavy (non-hydrogen) atoms. The predicted molar refractivity (Wildman–Crippen MR) is 101 cm³/mol. The zero-order valence-corrected chi connectivity index (χ0v) is 15.8. The third-order valence-corrected chi connectivity index (χ3v) is 4.64. The zero-order chi connectivity index (χ0) is 17.3. The summed E-state index contributed by atoms with van der Waals surface area (Å²) < 4.78 is 5.28. The van der Waals surface area contributed by atoms with Crippen molar-refractivity contribution in [3.63, 3.8) is 0 Å². The van der Waals surface area contributed by atoms with Crippen molar-refractivity contribution < 1.29 is 4.74 Å². The quantitative estimate of drug-likeness (QED) is 0.524. The van der Waals surface area contributed by atoms with Gasteiger partial charge in [0.2, 0.25) is 0 Å². The van der Waals surface area contributed by atoms with Gasteiger partial charge in [-0.3, -0.25) is 4.99 Å². The van der Waals surface area contributed by atoms with Gasteiger partial charge >= 0.3 is 0 Å². The Kier molecular flexibility index (Phi) is 8.25. The van der Waals surface area contributed by atoms with Crippen LogP contribution in [0.5, 0.6) is 0 Å². The van der Waals surface area contributed by atoms with Gasteiger partial charge in [-0.05, 0) is 44.7 Å². The molecule has 0 saturated carbocycles. The second-order valence-corrected chi connectivity index (χ2v) is 6.31. The minimum absolute atomic E-state index is 0.0246. The molecule has 2 nitrogen and oxygen atoms in total. The predicted octanol–water partition coefficient (Wildman–Crippen LogP) is 5.84. The summed E-state index contributed by atoms with van der Waals surface area (Å²) in [6.45, 7) is 11.5. The number of methoxy groups -OCH3 is 1. The minimum atomic E-state index is 0.0246. The molecule has 0 fully saturated rings. The molecule has 0 atom stereocenters. The van der Waals surface area contributed by atoms with Crippen LogP contribution in [0.25, 0.3) is 0 Å². The fourth-order valence-corrected chi connectivity index (χ4v) is 3.56. The lowest BCUT2D eigenvalue weighted by Crippen LogP contribution is -2.35. The highest BCUT2D eigenvalue weighted by Gasteiger charge is 2.34. The molecular formula is C21H33NO. The molecule has 0 aromatic heterocycles. The molecular weight excluding hydrogens is 282 g/mol. The fraction of sp³-hybridized carbons (Fsp3) is 0.571. The first-order valence-corrected chi connectivity index (χ1v) is 8.81. The van der Waals surface area contributed by atoms with Gasteiger partial charge in [-0.2, -0.15) is 0 Å². The Balaban J connectivity index is 3.44. The number of nitrogens with zero attached hydrogens (tertiary/aromatic N) is 1. The molecule has 0 aliphatic heterocycles. The van der Waals surface area contributed by atoms with Crippen LogP contribution in [0.15, 0.2) is 41.0 Å². The topological polar surface area (TPSA) is 21.6 Å². The molecule has 1 aromatic rings. The number of benzene rings is 1. The molecule has 0 radical (unpaired) electrons. The Morgan fingerprint density at radius 2 is 1.78 bits per heavy atom. The van der Waals surface area contributed by atoms with E-state index in [9.17, 15) is 0 Å². The Morgan fingerprint density at radius 1 is 1.17 bits per heavy atom. The fourth-order valence-electron chi connectivity index (χ4n) is 3.56. The minimum Gasteiger partial charge on any atom is -0.378 e. The number of allylic oxidation sites excluding steroid dienone is 1. The van der Waals surface area contributed by atoms with E-state index in [4.69, 9.17) is 9.73 Å². The van der Waals surface area contributed by atoms with Crippen LogP contribution in [0, 0.1) is 6.92 Å². The third-order valence-electron chi connectivity index (χ3n) is 4.64. The molecule has 0 bridgehead atoms. The number of rotatable bonds is 9. The zero-order valence-electron chi connectivity index (χ0n) is 15.8. The van der Waals surface area contributed by atoms with Gasteiger partial charge in [0.25, 0.3) is 0 Å². The molecule has 128 valence electrons. The summed E-state index contributed by atoms with van der Waals surface area (Å²) in [5.41, 5.74) is 5.03. The monoisotopic (exact) mass is 315 g/mol. The molecule has 0 saturated heterocycles. The van der Waals surface area contributed by atoms with Gasteiger partial charge in [0.05, 0.1) is 12.3 Å². The molecule has 0 unspecified atom stereocenters. The molecule has 0 N–H and O–H groups in total. The SMILES string of the molecule is C/C=C(COC)\N=C(/C)C(CCC)(CCC)c1ccccc1C. The van der Waals surface area contributed by atoms with Crippen LogP contribution in [-0.4, -0.2) is 19.4 Å². The molecule has 1 aromatic carbocycles. The number of aryl methyl sites for hydroxylation is 1. The van der Waals surface area contributed by atoms with Crippen molar-refractivity contribution in [2.75, 3.05) is 13.7 Å². The standard InChI is InChI=1S/C21H33NO/c1-7-14-21(15-8-2,20-13-11-10-12-17(20)4)18(5)22-19(9-3)16-23-6/h9-13H,7-8,14-16H2,1-6H3/b19-9-,22-18+. The van der Waals surface area contributed by atoms with Crippen LogP contribution in [-0.2, 0) is 10.2 Å². The largest absolute Gasteiger partial charge is 0.378 e. The van der Waals surface area contributed by atoms with Crippen LogP contribution < -0.4 is 0 Å². The first-order chi connectivity index (χ1) is 11.1. The Hall–Kier alpha value is -1.41. The Morgan fingerprint density at radius 3 is 2.26 bits per heavy atom. The molecule has 0 spiro atoms. The maximum atomic E-state index is 5.28. The van der Waals surface area contributed by atoms with Crippen molar-refractivity contribution in [1.29, 1.82) is 0 Å². The van der Waals surface area contributed by atoms with E-state index in [0.717, 1.165) is 31.4 Å². The summed E-state index contributed by atoms with van der Waals surface area (Å²) >= 11 is 0. The van der Waals surface area contributed by atoms with Gasteiger partial charge in [-0.25, -0.2) is 0 Å². The Labute approximate surface area is 142 Å². The average Bonchev–Trinajstić information content (AvgIpc) is 2.54. The van der Waals surface area contributed by atoms with Crippen molar-refractivity contribution in [3.05, 3.63) is 47.2 Å². The van der Waals surface area contributed by atoms with E-state index in [1.165, 1.54) is 16.8 Å². The molecule has 1 rings (SSSR count). The number of aliphatic imine (C=N–C) groups is 1. The van der Waals surface area contributed by atoms with E-state index in [1.807, 2.05) is 13.0 Å². The van der Waals surface area contributed by atoms with Crippen LogP contribution in [0.2, 0.25) is 0 Å². The van der Waals surface area contributed by atoms with Crippen molar-refractivity contribution >= 4 is 5.71 Å². The van der Waals surface area contributed by atoms with Gasteiger partial charge < -0.3 is 4.74 Å². The van der Waals surface area contributed by atoms with E-state index < -0.39 is 0 Å². The molecule has 0 heterocycles. The smallest absolute Gasteiger partial charge is 0.0880 e. The third kappa shape index (κ3) is 4.78. The van der Waals surface area contributed by atoms with E-state index >= 15 is 0 Å². The van der Waals surface area contributed by atoms with Crippen LogP contribution in [0.3, 0.4) is 0 Å². The molecule has 2 heteroatoms. The van der Waals surface area contributed by atoms with Crippen LogP contribution in [0.4, 0.5) is 0 Å². The highest BCUT2D eigenvalue weighted by Crippen LogP contribution is 2.38. The van der Waals surface area contributed by atoms with Gasteiger partial charge in [0.15, 0.2) is 0 Å². The lowest BCUT2D eigenvalue weighted by molar-refractivity contribution is 0.224. The first-order valence-electron chi connectivity index (χ1n) is 8.81. The van der Waals surface area contributed by atoms with Crippen LogP contribution >= 0.6 is 0 Å². The maximum Gasteiger partial charge on any atom is 0.0880 e. The molecule has 0 aliphatic carbocycles. The van der Waals surface area contributed by atoms with Crippen molar-refractivity contribution in [3.8, 4) is 0 Å². The van der Waals surface area contributed by atoms with E-state index in [1.54, 1.807) is 7.11 Å².